The van der Waals surface area contributed by atoms with Gasteiger partial charge in [0.25, 0.3) is 5.91 Å². The third-order valence-electron chi connectivity index (χ3n) is 10.4. The van der Waals surface area contributed by atoms with Gasteiger partial charge in [-0.15, -0.1) is 0 Å². The molecular weight excluding hydrogens is 697 g/mol. The Kier molecular flexibility index (Phi) is 10.3. The Balaban J connectivity index is 1.27. The molecule has 1 saturated heterocycles. The Morgan fingerprint density at radius 3 is 2.52 bits per heavy atom. The molecule has 52 heavy (non-hydrogen) atoms. The molecule has 2 N–H and O–H groups in total. The number of carbonyl (C=O) groups is 5. The van der Waals surface area contributed by atoms with Crippen molar-refractivity contribution in [2.75, 3.05) is 13.6 Å². The van der Waals surface area contributed by atoms with E-state index in [1.165, 1.54) is 22.9 Å². The minimum atomic E-state index is -3.91. The highest BCUT2D eigenvalue weighted by Crippen LogP contribution is 2.47. The predicted molar refractivity (Wildman–Crippen MR) is 185 cm³/mol. The summed E-state index contributed by atoms with van der Waals surface area (Å²) in [6.07, 6.45) is 5.18. The number of hydrogen-bond acceptors (Lipinski definition) is 9. The molecule has 0 spiro atoms. The first-order valence-electron chi connectivity index (χ1n) is 18.0. The van der Waals surface area contributed by atoms with Gasteiger partial charge in [-0.05, 0) is 70.9 Å². The first kappa shape index (κ1) is 37.5. The molecule has 284 valence electrons. The number of hydrogen-bond donors (Lipinski definition) is 2. The molecule has 6 rings (SSSR count). The maximum absolute atomic E-state index is 14.4. The fourth-order valence-electron chi connectivity index (χ4n) is 7.31. The molecule has 5 aliphatic rings. The summed E-state index contributed by atoms with van der Waals surface area (Å²) in [7, 11) is -2.70. The van der Waals surface area contributed by atoms with Gasteiger partial charge in [0.05, 0.1) is 18.3 Å². The number of sulfonamides is 1. The SMILES string of the molecule is CN(C(=O)[C@@]12C[C@H]1C=CCCCCC[C@H](NC(=O)OC(C)(C)C)C(=O)N1C[C@H](OC(=O)N3Cc4cccc(F)c4C3)C[C@H]1C(=O)N2)S(=O)(=O)C1CC1. The van der Waals surface area contributed by atoms with Gasteiger partial charge in [-0.3, -0.25) is 19.3 Å². The lowest BCUT2D eigenvalue weighted by Gasteiger charge is -2.31. The van der Waals surface area contributed by atoms with Crippen LogP contribution in [-0.2, 0) is 47.0 Å². The zero-order chi connectivity index (χ0) is 37.6. The van der Waals surface area contributed by atoms with Gasteiger partial charge in [0.2, 0.25) is 21.8 Å². The second kappa shape index (κ2) is 14.3. The smallest absolute Gasteiger partial charge is 0.410 e. The highest BCUT2D eigenvalue weighted by Gasteiger charge is 2.63. The van der Waals surface area contributed by atoms with Crippen molar-refractivity contribution in [2.45, 2.75) is 126 Å². The maximum atomic E-state index is 14.4. The van der Waals surface area contributed by atoms with Gasteiger partial charge in [0.15, 0.2) is 0 Å². The molecule has 0 bridgehead atoms. The summed E-state index contributed by atoms with van der Waals surface area (Å²) >= 11 is 0. The topological polar surface area (TPSA) is 172 Å². The molecular formula is C36H48FN5O9S. The normalized spacial score (nSPS) is 28.0. The number of ether oxygens (including phenoxy) is 2. The number of nitrogens with one attached hydrogen (secondary N) is 2. The van der Waals surface area contributed by atoms with Crippen LogP contribution in [0.4, 0.5) is 14.0 Å². The highest BCUT2D eigenvalue weighted by atomic mass is 32.2. The van der Waals surface area contributed by atoms with E-state index in [-0.39, 0.29) is 38.9 Å². The zero-order valence-corrected chi connectivity index (χ0v) is 30.9. The van der Waals surface area contributed by atoms with Gasteiger partial charge in [-0.1, -0.05) is 37.1 Å². The standard InChI is InChI=1S/C36H48FN5O9S/c1-35(2,3)51-33(46)38-28-14-9-7-5-6-8-12-23-18-36(23,32(45)40(4)52(48,49)25-15-16-25)39-30(43)29-17-24(20-42(29)31(28)44)50-34(47)41-19-22-11-10-13-27(37)26(22)21-41/h8,10-13,23-25,28-29H,5-7,9,14-21H2,1-4H3,(H,38,46)(H,39,43)/t23-,24-,28+,29+,36-/m1/s1. The van der Waals surface area contributed by atoms with Gasteiger partial charge < -0.3 is 25.0 Å². The van der Waals surface area contributed by atoms with Crippen molar-refractivity contribution >= 4 is 39.9 Å². The van der Waals surface area contributed by atoms with E-state index >= 15 is 0 Å². The monoisotopic (exact) mass is 745 g/mol. The molecule has 16 heteroatoms. The van der Waals surface area contributed by atoms with Crippen LogP contribution in [-0.4, -0.2) is 101 Å². The quantitative estimate of drug-likeness (QED) is 0.429. The summed E-state index contributed by atoms with van der Waals surface area (Å²) in [5.74, 6) is -2.96. The number of benzene rings is 1. The van der Waals surface area contributed by atoms with Gasteiger partial charge >= 0.3 is 12.2 Å². The minimum Gasteiger partial charge on any atom is -0.444 e. The van der Waals surface area contributed by atoms with E-state index < -0.39 is 86.2 Å². The van der Waals surface area contributed by atoms with Crippen molar-refractivity contribution in [3.8, 4) is 0 Å². The van der Waals surface area contributed by atoms with Gasteiger partial charge in [0, 0.05) is 31.5 Å². The van der Waals surface area contributed by atoms with Crippen molar-refractivity contribution < 1.29 is 46.3 Å². The Morgan fingerprint density at radius 1 is 1.08 bits per heavy atom. The average Bonchev–Trinajstić information content (AvgIpc) is 3.95. The van der Waals surface area contributed by atoms with E-state index in [0.717, 1.165) is 17.1 Å². The van der Waals surface area contributed by atoms with Crippen molar-refractivity contribution in [3.05, 3.63) is 47.3 Å². The Morgan fingerprint density at radius 2 is 1.83 bits per heavy atom. The summed E-state index contributed by atoms with van der Waals surface area (Å²) in [6, 6.07) is 2.30. The van der Waals surface area contributed by atoms with Crippen LogP contribution in [0, 0.1) is 11.7 Å². The molecule has 0 aromatic heterocycles. The van der Waals surface area contributed by atoms with E-state index in [9.17, 15) is 36.8 Å². The Hall–Kier alpha value is -4.21. The van der Waals surface area contributed by atoms with Crippen LogP contribution >= 0.6 is 0 Å². The Labute approximate surface area is 303 Å². The van der Waals surface area contributed by atoms with Crippen LogP contribution in [0.5, 0.6) is 0 Å². The van der Waals surface area contributed by atoms with Crippen LogP contribution in [0.25, 0.3) is 0 Å². The third-order valence-corrected chi connectivity index (χ3v) is 12.6. The number of likely N-dealkylation sites (N-methyl/N-ethyl adjacent to an activating group) is 1. The number of carbonyl (C=O) groups excluding carboxylic acids is 5. The molecule has 1 aromatic carbocycles. The predicted octanol–water partition coefficient (Wildman–Crippen LogP) is 3.49. The molecule has 2 aliphatic carbocycles. The van der Waals surface area contributed by atoms with Crippen LogP contribution in [0.15, 0.2) is 30.4 Å². The lowest BCUT2D eigenvalue weighted by Crippen LogP contribution is -2.58. The molecule has 3 heterocycles. The molecule has 1 aromatic rings. The molecule has 14 nitrogen and oxygen atoms in total. The number of nitrogens with zero attached hydrogens (tertiary/aromatic N) is 3. The second-order valence-electron chi connectivity index (χ2n) is 15.5. The van der Waals surface area contributed by atoms with E-state index in [0.29, 0.717) is 36.8 Å². The first-order chi connectivity index (χ1) is 24.5. The fourth-order valence-corrected chi connectivity index (χ4v) is 8.88. The number of halogens is 1. The lowest BCUT2D eigenvalue weighted by molar-refractivity contribution is -0.141. The van der Waals surface area contributed by atoms with Crippen molar-refractivity contribution in [2.24, 2.45) is 5.92 Å². The minimum absolute atomic E-state index is 0.00117. The summed E-state index contributed by atoms with van der Waals surface area (Å²) in [5, 5.41) is 4.86. The average molecular weight is 746 g/mol. The van der Waals surface area contributed by atoms with Gasteiger partial charge in [-0.2, -0.15) is 0 Å². The van der Waals surface area contributed by atoms with E-state index in [1.54, 1.807) is 32.9 Å². The van der Waals surface area contributed by atoms with Crippen molar-refractivity contribution in [1.82, 2.24) is 24.7 Å². The molecule has 3 fully saturated rings. The van der Waals surface area contributed by atoms with E-state index in [4.69, 9.17) is 9.47 Å². The third kappa shape index (κ3) is 7.91. The molecule has 0 unspecified atom stereocenters. The molecule has 0 radical (unpaired) electrons. The number of rotatable bonds is 5. The first-order valence-corrected chi connectivity index (χ1v) is 19.5. The van der Waals surface area contributed by atoms with Gasteiger partial charge in [-0.25, -0.2) is 26.7 Å². The van der Waals surface area contributed by atoms with Crippen LogP contribution in [0.2, 0.25) is 0 Å². The summed E-state index contributed by atoms with van der Waals surface area (Å²) in [6.45, 7) is 5.02. The number of allylic oxidation sites excluding steroid dienone is 1. The lowest BCUT2D eigenvalue weighted by atomic mass is 10.0. The highest BCUT2D eigenvalue weighted by molar-refractivity contribution is 7.90. The summed E-state index contributed by atoms with van der Waals surface area (Å²) in [5.41, 5.74) is -1.35. The van der Waals surface area contributed by atoms with E-state index in [1.807, 2.05) is 12.2 Å². The largest absolute Gasteiger partial charge is 0.444 e. The molecule has 3 aliphatic heterocycles. The number of amides is 5. The maximum Gasteiger partial charge on any atom is 0.410 e. The Bertz CT molecular complexity index is 1760. The zero-order valence-electron chi connectivity index (χ0n) is 30.1. The summed E-state index contributed by atoms with van der Waals surface area (Å²) < 4.78 is 52.6. The second-order valence-corrected chi connectivity index (χ2v) is 17.8. The van der Waals surface area contributed by atoms with Crippen molar-refractivity contribution in [3.63, 3.8) is 0 Å². The molecule has 5 atom stereocenters. The number of alkyl carbamates (subject to hydrolysis) is 1. The van der Waals surface area contributed by atoms with Crippen LogP contribution in [0.3, 0.4) is 0 Å². The number of fused-ring (bicyclic) bond motifs is 3. The summed E-state index contributed by atoms with van der Waals surface area (Å²) in [4.78, 5) is 71.4. The van der Waals surface area contributed by atoms with Gasteiger partial charge in [0.1, 0.15) is 35.1 Å². The molecule has 2 saturated carbocycles. The van der Waals surface area contributed by atoms with Crippen LogP contribution in [0.1, 0.15) is 89.7 Å². The van der Waals surface area contributed by atoms with Crippen LogP contribution < -0.4 is 10.6 Å². The van der Waals surface area contributed by atoms with E-state index in [2.05, 4.69) is 10.6 Å². The molecule has 5 amide bonds. The van der Waals surface area contributed by atoms with Crippen molar-refractivity contribution in [1.29, 1.82) is 0 Å². The fraction of sp³-hybridized carbons (Fsp3) is 0.639.